The number of carbonyl (C=O) groups excluding carboxylic acids is 2. The molecule has 0 aromatic carbocycles. The van der Waals surface area contributed by atoms with E-state index in [0.717, 1.165) is 18.3 Å². The van der Waals surface area contributed by atoms with Crippen LogP contribution in [0.2, 0.25) is 0 Å². The van der Waals surface area contributed by atoms with Crippen molar-refractivity contribution in [2.45, 2.75) is 59.2 Å². The first-order chi connectivity index (χ1) is 19.0. The van der Waals surface area contributed by atoms with E-state index in [1.165, 1.54) is 11.0 Å². The van der Waals surface area contributed by atoms with Gasteiger partial charge in [-0.1, -0.05) is 12.2 Å². The fourth-order valence-electron chi connectivity index (χ4n) is 5.00. The summed E-state index contributed by atoms with van der Waals surface area (Å²) in [6.45, 7) is 12.2. The van der Waals surface area contributed by atoms with Gasteiger partial charge in [0.1, 0.15) is 17.1 Å². The van der Waals surface area contributed by atoms with Crippen molar-refractivity contribution in [2.75, 3.05) is 13.1 Å². The highest BCUT2D eigenvalue weighted by atomic mass is 19.4. The lowest BCUT2D eigenvalue weighted by Crippen LogP contribution is -2.54. The number of alkyl halides is 3. The molecular formula is C30H32F4N4O3. The fourth-order valence-corrected chi connectivity index (χ4v) is 5.00. The fraction of sp³-hybridized carbons (Fsp3) is 0.400. The van der Waals surface area contributed by atoms with Gasteiger partial charge in [-0.2, -0.15) is 18.3 Å². The number of fused-ring (bicyclic) bond motifs is 2. The number of ether oxygens (including phenoxy) is 1. The van der Waals surface area contributed by atoms with Crippen LogP contribution in [0.25, 0.3) is 11.8 Å². The summed E-state index contributed by atoms with van der Waals surface area (Å²) in [4.78, 5) is 32.6. The molecule has 0 N–H and O–H groups in total. The molecule has 4 rings (SSSR count). The third-order valence-corrected chi connectivity index (χ3v) is 7.03. The Kier molecular flexibility index (Phi) is 7.86. The number of aromatic nitrogens is 3. The van der Waals surface area contributed by atoms with Crippen molar-refractivity contribution in [2.24, 2.45) is 5.41 Å². The van der Waals surface area contributed by atoms with E-state index in [-0.39, 0.29) is 37.2 Å². The van der Waals surface area contributed by atoms with E-state index in [2.05, 4.69) is 16.7 Å². The Balaban J connectivity index is 1.79. The third kappa shape index (κ3) is 6.18. The maximum absolute atomic E-state index is 14.1. The van der Waals surface area contributed by atoms with Crippen LogP contribution in [0.4, 0.5) is 22.4 Å². The smallest absolute Gasteiger partial charge is 0.416 e. The van der Waals surface area contributed by atoms with Gasteiger partial charge in [0, 0.05) is 25.0 Å². The molecule has 1 fully saturated rings. The quantitative estimate of drug-likeness (QED) is 0.218. The number of nitrogens with zero attached hydrogens (tertiary/aromatic N) is 4. The van der Waals surface area contributed by atoms with Crippen LogP contribution in [0, 0.1) is 5.41 Å². The molecule has 0 radical (unpaired) electrons. The zero-order chi connectivity index (χ0) is 30.3. The van der Waals surface area contributed by atoms with Crippen molar-refractivity contribution in [3.05, 3.63) is 82.7 Å². The van der Waals surface area contributed by atoms with E-state index in [1.54, 1.807) is 57.6 Å². The highest BCUT2D eigenvalue weighted by molar-refractivity contribution is 6.03. The Morgan fingerprint density at radius 1 is 1.17 bits per heavy atom. The monoisotopic (exact) mass is 572 g/mol. The Labute approximate surface area is 235 Å². The van der Waals surface area contributed by atoms with Crippen LogP contribution in [-0.2, 0) is 17.3 Å². The summed E-state index contributed by atoms with van der Waals surface area (Å²) in [6.07, 6.45) is 2.24. The van der Waals surface area contributed by atoms with E-state index in [0.29, 0.717) is 22.5 Å². The Bertz CT molecular complexity index is 1490. The number of hydrogen-bond donors (Lipinski definition) is 0. The molecule has 1 amide bonds. The number of allylic oxidation sites excluding steroid dienone is 5. The minimum atomic E-state index is -4.66. The summed E-state index contributed by atoms with van der Waals surface area (Å²) in [5.41, 5.74) is -0.645. The van der Waals surface area contributed by atoms with Gasteiger partial charge in [-0.05, 0) is 89.0 Å². The molecule has 7 nitrogen and oxygen atoms in total. The molecule has 2 aliphatic rings. The SMILES string of the molecule is C=C(C)/C(F)=C\C=C(/C)n1ncc2c1C=C1CCN(C(=O)OC(C)(C)C)C[C@@]1(C(=O)c1cc(C(F)(F)F)ccn1)C2. The van der Waals surface area contributed by atoms with Crippen LogP contribution in [0.1, 0.15) is 68.3 Å². The summed E-state index contributed by atoms with van der Waals surface area (Å²) in [5.74, 6) is -1.10. The average molecular weight is 573 g/mol. The van der Waals surface area contributed by atoms with E-state index >= 15 is 0 Å². The molecule has 0 saturated carbocycles. The van der Waals surface area contributed by atoms with Gasteiger partial charge in [0.15, 0.2) is 5.78 Å². The number of likely N-dealkylation sites (tertiary alicyclic amines) is 1. The Morgan fingerprint density at radius 2 is 1.88 bits per heavy atom. The maximum Gasteiger partial charge on any atom is 0.416 e. The lowest BCUT2D eigenvalue weighted by atomic mass is 9.65. The van der Waals surface area contributed by atoms with Crippen molar-refractivity contribution in [1.82, 2.24) is 19.7 Å². The molecule has 11 heteroatoms. The van der Waals surface area contributed by atoms with E-state index < -0.39 is 40.5 Å². The van der Waals surface area contributed by atoms with Gasteiger partial charge in [-0.3, -0.25) is 9.78 Å². The molecule has 0 bridgehead atoms. The molecule has 0 spiro atoms. The predicted molar refractivity (Wildman–Crippen MR) is 146 cm³/mol. The van der Waals surface area contributed by atoms with Crippen LogP contribution in [-0.4, -0.2) is 50.2 Å². The summed E-state index contributed by atoms with van der Waals surface area (Å²) >= 11 is 0. The molecule has 1 aliphatic heterocycles. The highest BCUT2D eigenvalue weighted by Crippen LogP contribution is 2.46. The number of piperidine rings is 1. The van der Waals surface area contributed by atoms with Crippen molar-refractivity contribution in [1.29, 1.82) is 0 Å². The first-order valence-electron chi connectivity index (χ1n) is 13.1. The molecule has 1 saturated heterocycles. The van der Waals surface area contributed by atoms with E-state index in [1.807, 2.05) is 0 Å². The topological polar surface area (TPSA) is 77.3 Å². The van der Waals surface area contributed by atoms with Crippen LogP contribution in [0.15, 0.2) is 60.2 Å². The zero-order valence-electron chi connectivity index (χ0n) is 23.6. The second kappa shape index (κ2) is 10.8. The van der Waals surface area contributed by atoms with Gasteiger partial charge in [-0.25, -0.2) is 13.9 Å². The number of pyridine rings is 1. The van der Waals surface area contributed by atoms with Crippen LogP contribution >= 0.6 is 0 Å². The zero-order valence-corrected chi connectivity index (χ0v) is 23.6. The molecular weight excluding hydrogens is 540 g/mol. The Morgan fingerprint density at radius 3 is 2.51 bits per heavy atom. The number of carbonyl (C=O) groups is 2. The number of rotatable bonds is 5. The summed E-state index contributed by atoms with van der Waals surface area (Å²) in [6, 6.07) is 1.55. The first kappa shape index (κ1) is 30.0. The van der Waals surface area contributed by atoms with Gasteiger partial charge < -0.3 is 9.64 Å². The van der Waals surface area contributed by atoms with Gasteiger partial charge >= 0.3 is 12.3 Å². The van der Waals surface area contributed by atoms with E-state index in [9.17, 15) is 27.2 Å². The molecule has 1 atom stereocenters. The number of Topliss-reactive ketones (excluding diaryl/α,β-unsaturated/α-hetero) is 1. The van der Waals surface area contributed by atoms with Crippen LogP contribution < -0.4 is 0 Å². The average Bonchev–Trinajstić information content (AvgIpc) is 3.30. The molecule has 41 heavy (non-hydrogen) atoms. The lowest BCUT2D eigenvalue weighted by molar-refractivity contribution is -0.137. The molecule has 1 aliphatic carbocycles. The van der Waals surface area contributed by atoms with Crippen molar-refractivity contribution < 1.29 is 31.9 Å². The van der Waals surface area contributed by atoms with Crippen LogP contribution in [0.3, 0.4) is 0 Å². The van der Waals surface area contributed by atoms with Gasteiger partial charge in [-0.15, -0.1) is 0 Å². The summed E-state index contributed by atoms with van der Waals surface area (Å²) in [5, 5.41) is 4.44. The molecule has 2 aromatic heterocycles. The van der Waals surface area contributed by atoms with Crippen molar-refractivity contribution in [3.8, 4) is 0 Å². The van der Waals surface area contributed by atoms with Gasteiger partial charge in [0.2, 0.25) is 0 Å². The number of halogens is 4. The molecule has 0 unspecified atom stereocenters. The predicted octanol–water partition coefficient (Wildman–Crippen LogP) is 7.04. The molecule has 218 valence electrons. The van der Waals surface area contributed by atoms with Crippen LogP contribution in [0.5, 0.6) is 0 Å². The summed E-state index contributed by atoms with van der Waals surface area (Å²) < 4.78 is 61.7. The number of amides is 1. The first-order valence-corrected chi connectivity index (χ1v) is 13.1. The minimum absolute atomic E-state index is 0.0769. The second-order valence-electron chi connectivity index (χ2n) is 11.4. The largest absolute Gasteiger partial charge is 0.444 e. The third-order valence-electron chi connectivity index (χ3n) is 7.03. The maximum atomic E-state index is 14.1. The van der Waals surface area contributed by atoms with Crippen molar-refractivity contribution >= 4 is 23.6 Å². The molecule has 3 heterocycles. The number of hydrogen-bond acceptors (Lipinski definition) is 5. The minimum Gasteiger partial charge on any atom is -0.444 e. The van der Waals surface area contributed by atoms with Crippen molar-refractivity contribution in [3.63, 3.8) is 0 Å². The second-order valence-corrected chi connectivity index (χ2v) is 11.4. The lowest BCUT2D eigenvalue weighted by Gasteiger charge is -2.45. The highest BCUT2D eigenvalue weighted by Gasteiger charge is 2.51. The van der Waals surface area contributed by atoms with Gasteiger partial charge in [0.25, 0.3) is 0 Å². The van der Waals surface area contributed by atoms with Gasteiger partial charge in [0.05, 0.1) is 22.9 Å². The van der Waals surface area contributed by atoms with E-state index in [4.69, 9.17) is 4.74 Å². The molecule has 2 aromatic rings. The number of ketones is 1. The summed E-state index contributed by atoms with van der Waals surface area (Å²) in [7, 11) is 0. The Hall–Kier alpha value is -4.02. The normalized spacial score (nSPS) is 19.7. The standard InChI is InChI=1S/C30H32F4N4O3/c1-18(2)23(31)8-7-19(3)38-25-14-21-10-12-37(27(40)41-28(4,5)6)17-29(21,15-20(25)16-36-38)26(39)24-13-22(9-11-35-24)30(32,33)34/h7-9,11,13-14,16H,1,10,12,15,17H2,2-6H3/b19-7+,23-8+/t29-/m0/s1.